The Hall–Kier alpha value is -2.52. The number of nitrogens with two attached hydrogens (primary N) is 2. The van der Waals surface area contributed by atoms with Crippen LogP contribution in [-0.4, -0.2) is 56.6 Å². The Morgan fingerprint density at radius 1 is 1.36 bits per heavy atom. The van der Waals surface area contributed by atoms with Gasteiger partial charge in [-0.1, -0.05) is 0 Å². The molecule has 2 aliphatic heterocycles. The summed E-state index contributed by atoms with van der Waals surface area (Å²) in [6.07, 6.45) is 1.84. The molecule has 25 heavy (non-hydrogen) atoms. The zero-order valence-electron chi connectivity index (χ0n) is 13.8. The molecular weight excluding hydrogens is 329 g/mol. The number of halogens is 1. The molecule has 2 saturated heterocycles. The average Bonchev–Trinajstić information content (AvgIpc) is 2.96. The van der Waals surface area contributed by atoms with Gasteiger partial charge >= 0.3 is 6.09 Å². The Morgan fingerprint density at radius 2 is 2.12 bits per heavy atom. The SMILES string of the molecule is N/C=C\N(N)C[C@H]1CN(c2ccc(N3CCOCC3)c(F)c2)C(=O)O1. The monoisotopic (exact) mass is 351 g/mol. The fourth-order valence-corrected chi connectivity index (χ4v) is 2.96. The zero-order chi connectivity index (χ0) is 17.8. The first-order valence-electron chi connectivity index (χ1n) is 8.08. The van der Waals surface area contributed by atoms with Crippen molar-refractivity contribution >= 4 is 17.5 Å². The number of benzene rings is 1. The zero-order valence-corrected chi connectivity index (χ0v) is 13.8. The molecule has 1 aromatic rings. The summed E-state index contributed by atoms with van der Waals surface area (Å²) >= 11 is 0. The van der Waals surface area contributed by atoms with Crippen LogP contribution in [0.15, 0.2) is 30.6 Å². The maximum atomic E-state index is 14.5. The number of nitrogens with zero attached hydrogens (tertiary/aromatic N) is 3. The number of ether oxygens (including phenoxy) is 2. The van der Waals surface area contributed by atoms with E-state index in [1.165, 1.54) is 28.4 Å². The smallest absolute Gasteiger partial charge is 0.414 e. The van der Waals surface area contributed by atoms with Crippen LogP contribution in [0.25, 0.3) is 0 Å². The molecule has 9 heteroatoms. The van der Waals surface area contributed by atoms with Gasteiger partial charge in [0.1, 0.15) is 11.9 Å². The van der Waals surface area contributed by atoms with Crippen molar-refractivity contribution in [3.8, 4) is 0 Å². The van der Waals surface area contributed by atoms with E-state index in [1.54, 1.807) is 12.1 Å². The van der Waals surface area contributed by atoms with E-state index in [-0.39, 0.29) is 5.82 Å². The molecule has 2 fully saturated rings. The van der Waals surface area contributed by atoms with Crippen molar-refractivity contribution in [2.24, 2.45) is 11.6 Å². The van der Waals surface area contributed by atoms with Gasteiger partial charge in [0, 0.05) is 25.5 Å². The lowest BCUT2D eigenvalue weighted by Crippen LogP contribution is -2.37. The minimum atomic E-state index is -0.520. The maximum absolute atomic E-state index is 14.5. The van der Waals surface area contributed by atoms with Crippen molar-refractivity contribution in [1.82, 2.24) is 5.01 Å². The van der Waals surface area contributed by atoms with Crippen LogP contribution in [0.1, 0.15) is 0 Å². The summed E-state index contributed by atoms with van der Waals surface area (Å²) in [5.74, 6) is 5.33. The van der Waals surface area contributed by atoms with E-state index in [9.17, 15) is 9.18 Å². The highest BCUT2D eigenvalue weighted by atomic mass is 19.1. The van der Waals surface area contributed by atoms with Gasteiger partial charge in [-0.2, -0.15) is 0 Å². The van der Waals surface area contributed by atoms with Gasteiger partial charge in [-0.05, 0) is 18.2 Å². The summed E-state index contributed by atoms with van der Waals surface area (Å²) in [4.78, 5) is 15.4. The third-order valence-electron chi connectivity index (χ3n) is 4.16. The Labute approximate surface area is 145 Å². The van der Waals surface area contributed by atoms with Crippen LogP contribution < -0.4 is 21.4 Å². The number of anilines is 2. The molecule has 4 N–H and O–H groups in total. The molecule has 0 unspecified atom stereocenters. The summed E-state index contributed by atoms with van der Waals surface area (Å²) in [5.41, 5.74) is 6.24. The number of hydrogen-bond donors (Lipinski definition) is 2. The molecule has 136 valence electrons. The number of carbonyl (C=O) groups excluding carboxylic acids is 1. The van der Waals surface area contributed by atoms with E-state index in [0.717, 1.165) is 0 Å². The largest absolute Gasteiger partial charge is 0.442 e. The van der Waals surface area contributed by atoms with Gasteiger partial charge in [0.05, 0.1) is 37.7 Å². The number of morpholine rings is 1. The third kappa shape index (κ3) is 3.94. The summed E-state index contributed by atoms with van der Waals surface area (Å²) in [6.45, 7) is 3.03. The second-order valence-corrected chi connectivity index (χ2v) is 5.89. The van der Waals surface area contributed by atoms with Gasteiger partial charge in [0.25, 0.3) is 0 Å². The molecule has 0 aromatic heterocycles. The molecule has 0 bridgehead atoms. The first-order valence-corrected chi connectivity index (χ1v) is 8.08. The first kappa shape index (κ1) is 17.3. The number of hydrogen-bond acceptors (Lipinski definition) is 7. The molecule has 1 amide bonds. The van der Waals surface area contributed by atoms with E-state index in [0.29, 0.717) is 50.8 Å². The predicted octanol–water partition coefficient (Wildman–Crippen LogP) is 0.593. The van der Waals surface area contributed by atoms with Crippen molar-refractivity contribution in [2.45, 2.75) is 6.10 Å². The molecule has 1 aromatic carbocycles. The topological polar surface area (TPSA) is 97.3 Å². The molecule has 0 aliphatic carbocycles. The normalized spacial score (nSPS) is 21.0. The Bertz CT molecular complexity index is 651. The number of hydrazine groups is 1. The predicted molar refractivity (Wildman–Crippen MR) is 91.3 cm³/mol. The lowest BCUT2D eigenvalue weighted by Gasteiger charge is -2.29. The molecule has 8 nitrogen and oxygen atoms in total. The highest BCUT2D eigenvalue weighted by molar-refractivity contribution is 5.90. The average molecular weight is 351 g/mol. The van der Waals surface area contributed by atoms with Crippen LogP contribution in [0.2, 0.25) is 0 Å². The van der Waals surface area contributed by atoms with E-state index in [1.807, 2.05) is 4.90 Å². The van der Waals surface area contributed by atoms with Crippen LogP contribution in [0.3, 0.4) is 0 Å². The van der Waals surface area contributed by atoms with Crippen molar-refractivity contribution in [1.29, 1.82) is 0 Å². The molecule has 0 radical (unpaired) electrons. The van der Waals surface area contributed by atoms with Crippen LogP contribution in [0.5, 0.6) is 0 Å². The number of carbonyl (C=O) groups is 1. The third-order valence-corrected chi connectivity index (χ3v) is 4.16. The summed E-state index contributed by atoms with van der Waals surface area (Å²) in [5, 5.41) is 1.34. The Kier molecular flexibility index (Phi) is 5.25. The van der Waals surface area contributed by atoms with Crippen LogP contribution >= 0.6 is 0 Å². The van der Waals surface area contributed by atoms with Gasteiger partial charge in [0.15, 0.2) is 0 Å². The van der Waals surface area contributed by atoms with Gasteiger partial charge in [-0.3, -0.25) is 4.90 Å². The quantitative estimate of drug-likeness (QED) is 0.592. The highest BCUT2D eigenvalue weighted by Crippen LogP contribution is 2.28. The van der Waals surface area contributed by atoms with Crippen molar-refractivity contribution < 1.29 is 18.7 Å². The molecular formula is C16H22FN5O3. The fourth-order valence-electron chi connectivity index (χ4n) is 2.96. The molecule has 0 spiro atoms. The highest BCUT2D eigenvalue weighted by Gasteiger charge is 2.33. The van der Waals surface area contributed by atoms with Crippen molar-refractivity contribution in [2.75, 3.05) is 49.2 Å². The summed E-state index contributed by atoms with van der Waals surface area (Å²) in [6, 6.07) is 4.76. The van der Waals surface area contributed by atoms with Gasteiger partial charge in [0.2, 0.25) is 0 Å². The minimum Gasteiger partial charge on any atom is -0.442 e. The van der Waals surface area contributed by atoms with Gasteiger partial charge in [-0.15, -0.1) is 0 Å². The first-order chi connectivity index (χ1) is 12.1. The summed E-state index contributed by atoms with van der Waals surface area (Å²) < 4.78 is 25.1. The molecule has 0 saturated carbocycles. The van der Waals surface area contributed by atoms with E-state index in [2.05, 4.69) is 0 Å². The van der Waals surface area contributed by atoms with Crippen LogP contribution in [0, 0.1) is 5.82 Å². The lowest BCUT2D eigenvalue weighted by molar-refractivity contribution is 0.122. The Balaban J connectivity index is 1.69. The second kappa shape index (κ2) is 7.58. The lowest BCUT2D eigenvalue weighted by atomic mass is 10.2. The van der Waals surface area contributed by atoms with E-state index < -0.39 is 12.2 Å². The summed E-state index contributed by atoms with van der Waals surface area (Å²) in [7, 11) is 0. The van der Waals surface area contributed by atoms with E-state index in [4.69, 9.17) is 21.1 Å². The Morgan fingerprint density at radius 3 is 2.80 bits per heavy atom. The molecule has 2 aliphatic rings. The molecule has 1 atom stereocenters. The van der Waals surface area contributed by atoms with Gasteiger partial charge in [-0.25, -0.2) is 15.0 Å². The van der Waals surface area contributed by atoms with Crippen LogP contribution in [0.4, 0.5) is 20.6 Å². The van der Waals surface area contributed by atoms with Gasteiger partial charge < -0.3 is 25.1 Å². The number of amides is 1. The van der Waals surface area contributed by atoms with E-state index >= 15 is 0 Å². The molecule has 2 heterocycles. The van der Waals surface area contributed by atoms with Crippen molar-refractivity contribution in [3.05, 3.63) is 36.4 Å². The second-order valence-electron chi connectivity index (χ2n) is 5.89. The number of cyclic esters (lactones) is 1. The van der Waals surface area contributed by atoms with Crippen LogP contribution in [-0.2, 0) is 9.47 Å². The maximum Gasteiger partial charge on any atom is 0.414 e. The fraction of sp³-hybridized carbons (Fsp3) is 0.438. The van der Waals surface area contributed by atoms with Crippen molar-refractivity contribution in [3.63, 3.8) is 0 Å². The standard InChI is InChI=1S/C16H22FN5O3/c17-14-9-12(1-2-15(14)20-5-7-24-8-6-20)22-11-13(25-16(22)23)10-21(19)4-3-18/h1-4,9,13H,5-8,10-11,18-19H2/b4-3-/t13-/m0/s1. The molecule has 3 rings (SSSR count). The minimum absolute atomic E-state index is 0.293. The number of rotatable bonds is 5.